The van der Waals surface area contributed by atoms with E-state index in [2.05, 4.69) is 15.3 Å². The van der Waals surface area contributed by atoms with E-state index in [-0.39, 0.29) is 12.2 Å². The van der Waals surface area contributed by atoms with Crippen molar-refractivity contribution < 1.29 is 14.3 Å². The molecular weight excluding hydrogens is 296 g/mol. The smallest absolute Gasteiger partial charge is 0.350 e. The molecular formula is C16H14N4O3. The third-order valence-corrected chi connectivity index (χ3v) is 2.59. The van der Waals surface area contributed by atoms with Gasteiger partial charge in [0.2, 0.25) is 5.88 Å². The lowest BCUT2D eigenvalue weighted by Gasteiger charge is -2.05. The minimum Gasteiger partial charge on any atom is -0.462 e. The number of esters is 1. The number of rotatable bonds is 6. The minimum atomic E-state index is -0.674. The molecule has 7 nitrogen and oxygen atoms in total. The van der Waals surface area contributed by atoms with Gasteiger partial charge >= 0.3 is 5.97 Å². The lowest BCUT2D eigenvalue weighted by Crippen LogP contribution is -2.07. The highest BCUT2D eigenvalue weighted by Gasteiger charge is 2.09. The van der Waals surface area contributed by atoms with Gasteiger partial charge in [0.1, 0.15) is 11.8 Å². The van der Waals surface area contributed by atoms with Crippen LogP contribution in [0.15, 0.2) is 54.6 Å². The maximum absolute atomic E-state index is 11.5. The molecule has 0 atom stereocenters. The van der Waals surface area contributed by atoms with Crippen molar-refractivity contribution in [2.45, 2.75) is 6.92 Å². The number of aromatic nitrogens is 2. The van der Waals surface area contributed by atoms with Gasteiger partial charge in [-0.25, -0.2) is 9.78 Å². The standard InChI is InChI=1S/C16H14N4O3/c1-2-22-16(21)12(8-17)9-19-13-5-6-15(20-10-13)23-14-4-3-7-18-11-14/h3-7,9-11,19H,2H2,1H3/b12-9+. The number of anilines is 1. The van der Waals surface area contributed by atoms with Crippen LogP contribution in [0.4, 0.5) is 5.69 Å². The highest BCUT2D eigenvalue weighted by molar-refractivity contribution is 5.93. The van der Waals surface area contributed by atoms with Gasteiger partial charge in [-0.1, -0.05) is 0 Å². The van der Waals surface area contributed by atoms with Crippen LogP contribution in [0.3, 0.4) is 0 Å². The molecule has 0 aliphatic rings. The Labute approximate surface area is 133 Å². The van der Waals surface area contributed by atoms with Crippen LogP contribution < -0.4 is 10.1 Å². The van der Waals surface area contributed by atoms with E-state index in [1.807, 2.05) is 0 Å². The van der Waals surface area contributed by atoms with E-state index in [1.165, 1.54) is 12.4 Å². The molecule has 2 heterocycles. The molecule has 0 amide bonds. The summed E-state index contributed by atoms with van der Waals surface area (Å²) in [6.45, 7) is 1.88. The summed E-state index contributed by atoms with van der Waals surface area (Å²) in [5.74, 6) is 0.306. The van der Waals surface area contributed by atoms with E-state index >= 15 is 0 Å². The number of nitriles is 1. The summed E-state index contributed by atoms with van der Waals surface area (Å²) in [4.78, 5) is 19.5. The fourth-order valence-electron chi connectivity index (χ4n) is 1.56. The van der Waals surface area contributed by atoms with Crippen LogP contribution in [-0.2, 0) is 9.53 Å². The molecule has 2 aromatic heterocycles. The van der Waals surface area contributed by atoms with Crippen LogP contribution in [-0.4, -0.2) is 22.5 Å². The number of carbonyl (C=O) groups is 1. The molecule has 7 heteroatoms. The summed E-state index contributed by atoms with van der Waals surface area (Å²) in [7, 11) is 0. The lowest BCUT2D eigenvalue weighted by molar-refractivity contribution is -0.138. The SMILES string of the molecule is CCOC(=O)/C(C#N)=C/Nc1ccc(Oc2cccnc2)nc1. The second-order valence-electron chi connectivity index (χ2n) is 4.21. The average Bonchev–Trinajstić information content (AvgIpc) is 2.58. The van der Waals surface area contributed by atoms with Gasteiger partial charge in [0.15, 0.2) is 5.57 Å². The van der Waals surface area contributed by atoms with Crippen molar-refractivity contribution in [2.75, 3.05) is 11.9 Å². The number of hydrogen-bond donors (Lipinski definition) is 1. The number of pyridine rings is 2. The number of ether oxygens (including phenoxy) is 2. The summed E-state index contributed by atoms with van der Waals surface area (Å²) >= 11 is 0. The summed E-state index contributed by atoms with van der Waals surface area (Å²) in [5.41, 5.74) is 0.475. The molecule has 0 aliphatic heterocycles. The Hall–Kier alpha value is -3.40. The first-order valence-corrected chi connectivity index (χ1v) is 6.80. The first-order chi connectivity index (χ1) is 11.2. The fraction of sp³-hybridized carbons (Fsp3) is 0.125. The van der Waals surface area contributed by atoms with Gasteiger partial charge in [-0.2, -0.15) is 5.26 Å². The van der Waals surface area contributed by atoms with Gasteiger partial charge in [-0.05, 0) is 25.1 Å². The molecule has 0 unspecified atom stereocenters. The molecule has 0 saturated heterocycles. The quantitative estimate of drug-likeness (QED) is 0.497. The molecule has 0 spiro atoms. The van der Waals surface area contributed by atoms with E-state index in [4.69, 9.17) is 14.7 Å². The number of nitrogens with zero attached hydrogens (tertiary/aromatic N) is 3. The van der Waals surface area contributed by atoms with Crippen LogP contribution in [0, 0.1) is 11.3 Å². The number of hydrogen-bond acceptors (Lipinski definition) is 7. The Balaban J connectivity index is 2.00. The Bertz CT molecular complexity index is 721. The molecule has 0 aliphatic carbocycles. The van der Waals surface area contributed by atoms with Crippen molar-refractivity contribution >= 4 is 11.7 Å². The van der Waals surface area contributed by atoms with Gasteiger partial charge in [0.05, 0.1) is 24.7 Å². The summed E-state index contributed by atoms with van der Waals surface area (Å²) in [6.07, 6.45) is 6.02. The van der Waals surface area contributed by atoms with Crippen molar-refractivity contribution in [1.29, 1.82) is 5.26 Å². The van der Waals surface area contributed by atoms with Crippen LogP contribution in [0.25, 0.3) is 0 Å². The normalized spacial score (nSPS) is 10.5. The van der Waals surface area contributed by atoms with Crippen molar-refractivity contribution in [2.24, 2.45) is 0 Å². The minimum absolute atomic E-state index is 0.123. The zero-order valence-corrected chi connectivity index (χ0v) is 12.4. The van der Waals surface area contributed by atoms with Crippen LogP contribution in [0.5, 0.6) is 11.6 Å². The zero-order chi connectivity index (χ0) is 16.5. The Morgan fingerprint density at radius 1 is 1.39 bits per heavy atom. The first-order valence-electron chi connectivity index (χ1n) is 6.80. The van der Waals surface area contributed by atoms with Gasteiger partial charge in [-0.15, -0.1) is 0 Å². The third kappa shape index (κ3) is 4.82. The molecule has 0 radical (unpaired) electrons. The maximum atomic E-state index is 11.5. The topological polar surface area (TPSA) is 97.1 Å². The Kier molecular flexibility index (Phi) is 5.66. The Morgan fingerprint density at radius 2 is 2.26 bits per heavy atom. The third-order valence-electron chi connectivity index (χ3n) is 2.59. The average molecular weight is 310 g/mol. The molecule has 2 aromatic rings. The molecule has 23 heavy (non-hydrogen) atoms. The van der Waals surface area contributed by atoms with Crippen LogP contribution in [0.2, 0.25) is 0 Å². The zero-order valence-electron chi connectivity index (χ0n) is 12.4. The van der Waals surface area contributed by atoms with E-state index in [9.17, 15) is 4.79 Å². The predicted octanol–water partition coefficient (Wildman–Crippen LogP) is 2.65. The van der Waals surface area contributed by atoms with Crippen LogP contribution in [0.1, 0.15) is 6.92 Å². The second kappa shape index (κ2) is 8.14. The largest absolute Gasteiger partial charge is 0.462 e. The molecule has 116 valence electrons. The summed E-state index contributed by atoms with van der Waals surface area (Å²) in [5, 5.41) is 11.7. The predicted molar refractivity (Wildman–Crippen MR) is 82.5 cm³/mol. The molecule has 0 fully saturated rings. The van der Waals surface area contributed by atoms with Crippen LogP contribution >= 0.6 is 0 Å². The highest BCUT2D eigenvalue weighted by atomic mass is 16.5. The second-order valence-corrected chi connectivity index (χ2v) is 4.21. The first kappa shape index (κ1) is 16.0. The van der Waals surface area contributed by atoms with Gasteiger partial charge < -0.3 is 14.8 Å². The van der Waals surface area contributed by atoms with Gasteiger partial charge in [-0.3, -0.25) is 4.98 Å². The number of carbonyl (C=O) groups excluding carboxylic acids is 1. The van der Waals surface area contributed by atoms with E-state index in [1.54, 1.807) is 49.7 Å². The summed E-state index contributed by atoms with van der Waals surface area (Å²) < 4.78 is 10.3. The van der Waals surface area contributed by atoms with Gasteiger partial charge in [0.25, 0.3) is 0 Å². The monoisotopic (exact) mass is 310 g/mol. The van der Waals surface area contributed by atoms with Crippen molar-refractivity contribution in [1.82, 2.24) is 9.97 Å². The van der Waals surface area contributed by atoms with Crippen molar-refractivity contribution in [3.63, 3.8) is 0 Å². The van der Waals surface area contributed by atoms with Crippen molar-refractivity contribution in [3.05, 3.63) is 54.6 Å². The molecule has 0 saturated carbocycles. The van der Waals surface area contributed by atoms with Crippen molar-refractivity contribution in [3.8, 4) is 17.7 Å². The summed E-state index contributed by atoms with van der Waals surface area (Å²) in [6, 6.07) is 8.65. The number of nitrogens with one attached hydrogen (secondary N) is 1. The molecule has 2 rings (SSSR count). The van der Waals surface area contributed by atoms with E-state index in [0.29, 0.717) is 17.3 Å². The van der Waals surface area contributed by atoms with Gasteiger partial charge in [0, 0.05) is 18.5 Å². The molecule has 0 bridgehead atoms. The van der Waals surface area contributed by atoms with E-state index in [0.717, 1.165) is 0 Å². The van der Waals surface area contributed by atoms with E-state index < -0.39 is 5.97 Å². The highest BCUT2D eigenvalue weighted by Crippen LogP contribution is 2.19. The fourth-order valence-corrected chi connectivity index (χ4v) is 1.56. The maximum Gasteiger partial charge on any atom is 0.350 e. The molecule has 1 N–H and O–H groups in total. The lowest BCUT2D eigenvalue weighted by atomic mass is 10.3. The Morgan fingerprint density at radius 3 is 2.87 bits per heavy atom. The molecule has 0 aromatic carbocycles.